The van der Waals surface area contributed by atoms with E-state index in [1.165, 1.54) is 4.31 Å². The molecule has 0 bridgehead atoms. The number of nitrogens with zero attached hydrogens (tertiary/aromatic N) is 2. The van der Waals surface area contributed by atoms with Gasteiger partial charge in [0.1, 0.15) is 6.61 Å². The molecule has 2 aromatic rings. The lowest BCUT2D eigenvalue weighted by Gasteiger charge is -2.39. The van der Waals surface area contributed by atoms with Crippen LogP contribution < -0.4 is 4.90 Å². The lowest BCUT2D eigenvalue weighted by Crippen LogP contribution is -2.50. The zero-order valence-electron chi connectivity index (χ0n) is 15.2. The number of sulfonamides is 1. The van der Waals surface area contributed by atoms with E-state index in [0.29, 0.717) is 30.8 Å². The number of anilines is 1. The fourth-order valence-electron chi connectivity index (χ4n) is 3.79. The lowest BCUT2D eigenvalue weighted by atomic mass is 10.0. The van der Waals surface area contributed by atoms with Crippen molar-refractivity contribution in [3.63, 3.8) is 0 Å². The van der Waals surface area contributed by atoms with Crippen molar-refractivity contribution < 1.29 is 17.9 Å². The van der Waals surface area contributed by atoms with E-state index >= 15 is 0 Å². The Morgan fingerprint density at radius 3 is 2.52 bits per heavy atom. The second-order valence-electron chi connectivity index (χ2n) is 7.01. The van der Waals surface area contributed by atoms with Crippen LogP contribution in [0.1, 0.15) is 24.0 Å². The molecule has 1 fully saturated rings. The predicted octanol–water partition coefficient (Wildman–Crippen LogP) is 3.30. The van der Waals surface area contributed by atoms with E-state index in [2.05, 4.69) is 0 Å². The first-order chi connectivity index (χ1) is 13.0. The fourth-order valence-corrected chi connectivity index (χ4v) is 5.36. The topological polar surface area (TPSA) is 66.9 Å². The maximum Gasteiger partial charge on any atom is 0.414 e. The maximum atomic E-state index is 12.9. The summed E-state index contributed by atoms with van der Waals surface area (Å²) < 4.78 is 32.6. The second kappa shape index (κ2) is 6.98. The molecular formula is C20H22N2O4S. The molecule has 0 unspecified atom stereocenters. The summed E-state index contributed by atoms with van der Waals surface area (Å²) in [6.07, 6.45) is 0.803. The molecule has 6 nitrogen and oxygen atoms in total. The van der Waals surface area contributed by atoms with Crippen LogP contribution >= 0.6 is 0 Å². The maximum absolute atomic E-state index is 12.9. The van der Waals surface area contributed by atoms with Gasteiger partial charge in [0, 0.05) is 24.7 Å². The van der Waals surface area contributed by atoms with Gasteiger partial charge in [-0.15, -0.1) is 0 Å². The number of ether oxygens (including phenoxy) is 1. The lowest BCUT2D eigenvalue weighted by molar-refractivity contribution is 0.136. The van der Waals surface area contributed by atoms with E-state index < -0.39 is 10.0 Å². The number of hydrogen-bond donors (Lipinski definition) is 0. The van der Waals surface area contributed by atoms with Gasteiger partial charge in [0.2, 0.25) is 10.0 Å². The molecule has 2 aliphatic rings. The van der Waals surface area contributed by atoms with Gasteiger partial charge in [0.05, 0.1) is 10.6 Å². The summed E-state index contributed by atoms with van der Waals surface area (Å²) in [6.45, 7) is 2.93. The molecule has 27 heavy (non-hydrogen) atoms. The SMILES string of the molecule is Cc1cccc(S(=O)(=O)N2CCC(N3C(=O)OCc4ccccc43)CC2)c1. The summed E-state index contributed by atoms with van der Waals surface area (Å²) in [6, 6.07) is 14.6. The highest BCUT2D eigenvalue weighted by atomic mass is 32.2. The third-order valence-electron chi connectivity index (χ3n) is 5.21. The van der Waals surface area contributed by atoms with Gasteiger partial charge in [-0.1, -0.05) is 30.3 Å². The number of benzene rings is 2. The summed E-state index contributed by atoms with van der Waals surface area (Å²) in [5, 5.41) is 0. The minimum absolute atomic E-state index is 0.0668. The van der Waals surface area contributed by atoms with Gasteiger partial charge in [-0.05, 0) is 43.5 Å². The molecule has 0 radical (unpaired) electrons. The normalized spacial score (nSPS) is 18.9. The summed E-state index contributed by atoms with van der Waals surface area (Å²) in [5.74, 6) is 0. The Morgan fingerprint density at radius 2 is 1.78 bits per heavy atom. The highest BCUT2D eigenvalue weighted by Crippen LogP contribution is 2.32. The number of para-hydroxylation sites is 1. The average molecular weight is 386 g/mol. The van der Waals surface area contributed by atoms with E-state index in [1.807, 2.05) is 37.3 Å². The third kappa shape index (κ3) is 3.33. The molecule has 1 saturated heterocycles. The van der Waals surface area contributed by atoms with Gasteiger partial charge in [-0.25, -0.2) is 13.2 Å². The van der Waals surface area contributed by atoms with Crippen LogP contribution in [0, 0.1) is 6.92 Å². The molecule has 0 spiro atoms. The van der Waals surface area contributed by atoms with Gasteiger partial charge in [0.25, 0.3) is 0 Å². The van der Waals surface area contributed by atoms with Crippen molar-refractivity contribution in [1.29, 1.82) is 0 Å². The summed E-state index contributed by atoms with van der Waals surface area (Å²) in [7, 11) is -3.51. The quantitative estimate of drug-likeness (QED) is 0.812. The monoisotopic (exact) mass is 386 g/mol. The van der Waals surface area contributed by atoms with E-state index in [4.69, 9.17) is 4.74 Å². The minimum atomic E-state index is -3.51. The molecule has 2 aliphatic heterocycles. The zero-order chi connectivity index (χ0) is 19.0. The summed E-state index contributed by atoms with van der Waals surface area (Å²) >= 11 is 0. The van der Waals surface area contributed by atoms with Gasteiger partial charge in [-0.3, -0.25) is 4.90 Å². The first-order valence-corrected chi connectivity index (χ1v) is 10.5. The average Bonchev–Trinajstić information content (AvgIpc) is 2.68. The van der Waals surface area contributed by atoms with E-state index in [1.54, 1.807) is 23.1 Å². The predicted molar refractivity (Wildman–Crippen MR) is 102 cm³/mol. The molecule has 7 heteroatoms. The molecule has 0 aliphatic carbocycles. The number of piperidine rings is 1. The van der Waals surface area contributed by atoms with Crippen molar-refractivity contribution in [3.05, 3.63) is 59.7 Å². The minimum Gasteiger partial charge on any atom is -0.444 e. The molecule has 1 amide bonds. The van der Waals surface area contributed by atoms with Crippen molar-refractivity contribution in [3.8, 4) is 0 Å². The number of carbonyl (C=O) groups is 1. The smallest absolute Gasteiger partial charge is 0.414 e. The van der Waals surface area contributed by atoms with Crippen LogP contribution in [0.3, 0.4) is 0 Å². The van der Waals surface area contributed by atoms with Crippen LogP contribution in [-0.2, 0) is 21.4 Å². The Hall–Kier alpha value is -2.38. The second-order valence-corrected chi connectivity index (χ2v) is 8.94. The molecule has 142 valence electrons. The van der Waals surface area contributed by atoms with Gasteiger partial charge < -0.3 is 4.74 Å². The van der Waals surface area contributed by atoms with E-state index in [0.717, 1.165) is 16.8 Å². The first kappa shape index (κ1) is 18.0. The van der Waals surface area contributed by atoms with Crippen molar-refractivity contribution >= 4 is 21.8 Å². The number of aryl methyl sites for hydroxylation is 1. The van der Waals surface area contributed by atoms with Crippen LogP contribution in [0.4, 0.5) is 10.5 Å². The molecular weight excluding hydrogens is 364 g/mol. The van der Waals surface area contributed by atoms with Crippen LogP contribution in [0.5, 0.6) is 0 Å². The fraction of sp³-hybridized carbons (Fsp3) is 0.350. The van der Waals surface area contributed by atoms with Crippen molar-refractivity contribution in [1.82, 2.24) is 4.31 Å². The molecule has 0 saturated carbocycles. The zero-order valence-corrected chi connectivity index (χ0v) is 16.0. The number of rotatable bonds is 3. The van der Waals surface area contributed by atoms with Crippen molar-refractivity contribution in [2.24, 2.45) is 0 Å². The first-order valence-electron chi connectivity index (χ1n) is 9.07. The van der Waals surface area contributed by atoms with Gasteiger partial charge in [-0.2, -0.15) is 4.31 Å². The molecule has 2 aromatic carbocycles. The molecule has 0 aromatic heterocycles. The van der Waals surface area contributed by atoms with Crippen LogP contribution in [0.25, 0.3) is 0 Å². The Kier molecular flexibility index (Phi) is 4.65. The summed E-state index contributed by atoms with van der Waals surface area (Å²) in [4.78, 5) is 14.4. The molecule has 0 atom stereocenters. The number of fused-ring (bicyclic) bond motifs is 1. The Labute approximate surface area is 159 Å². The number of cyclic esters (lactones) is 1. The molecule has 2 heterocycles. The largest absolute Gasteiger partial charge is 0.444 e. The van der Waals surface area contributed by atoms with E-state index in [9.17, 15) is 13.2 Å². The van der Waals surface area contributed by atoms with Crippen molar-refractivity contribution in [2.75, 3.05) is 18.0 Å². The third-order valence-corrected chi connectivity index (χ3v) is 7.11. The molecule has 0 N–H and O–H groups in total. The van der Waals surface area contributed by atoms with E-state index in [-0.39, 0.29) is 18.7 Å². The number of hydrogen-bond acceptors (Lipinski definition) is 4. The van der Waals surface area contributed by atoms with Gasteiger partial charge in [0.15, 0.2) is 0 Å². The van der Waals surface area contributed by atoms with Gasteiger partial charge >= 0.3 is 6.09 Å². The van der Waals surface area contributed by atoms with Crippen LogP contribution in [-0.4, -0.2) is 37.9 Å². The Balaban J connectivity index is 1.52. The Bertz CT molecular complexity index is 965. The number of amides is 1. The number of carbonyl (C=O) groups excluding carboxylic acids is 1. The highest BCUT2D eigenvalue weighted by molar-refractivity contribution is 7.89. The van der Waals surface area contributed by atoms with Crippen LogP contribution in [0.2, 0.25) is 0 Å². The highest BCUT2D eigenvalue weighted by Gasteiger charge is 2.36. The van der Waals surface area contributed by atoms with Crippen LogP contribution in [0.15, 0.2) is 53.4 Å². The summed E-state index contributed by atoms with van der Waals surface area (Å²) in [5.41, 5.74) is 2.76. The molecule has 4 rings (SSSR count). The Morgan fingerprint density at radius 1 is 1.04 bits per heavy atom. The standard InChI is InChI=1S/C20H22N2O4S/c1-15-5-4-7-18(13-15)27(24,25)21-11-9-17(10-12-21)22-19-8-3-2-6-16(19)14-26-20(22)23/h2-8,13,17H,9-12,14H2,1H3. The van der Waals surface area contributed by atoms with Crippen molar-refractivity contribution in [2.45, 2.75) is 37.3 Å².